The maximum Gasteiger partial charge on any atom is 0.403 e. The molecule has 0 bridgehead atoms. The molecule has 0 aliphatic heterocycles. The zero-order valence-electron chi connectivity index (χ0n) is 18.1. The Morgan fingerprint density at radius 3 is 1.91 bits per heavy atom. The number of nitrogens with zero attached hydrogens (tertiary/aromatic N) is 2. The molecule has 3 nitrogen and oxygen atoms in total. The molecule has 0 amide bonds. The molecule has 1 heterocycles. The van der Waals surface area contributed by atoms with E-state index in [1.54, 1.807) is 0 Å². The molecule has 180 valence electrons. The number of hydrogen-bond donors (Lipinski definition) is 0. The van der Waals surface area contributed by atoms with E-state index in [9.17, 15) is 26.3 Å². The average Bonchev–Trinajstić information content (AvgIpc) is 2.74. The van der Waals surface area contributed by atoms with Gasteiger partial charge in [0, 0.05) is 5.56 Å². The molecule has 1 aromatic rings. The Balaban J connectivity index is 1.53. The summed E-state index contributed by atoms with van der Waals surface area (Å²) in [6, 6.07) is 0. The van der Waals surface area contributed by atoms with E-state index in [1.165, 1.54) is 6.33 Å². The smallest absolute Gasteiger partial charge is 0.403 e. The number of rotatable bonds is 4. The maximum absolute atomic E-state index is 14.3. The second-order valence-corrected chi connectivity index (χ2v) is 9.60. The van der Waals surface area contributed by atoms with Gasteiger partial charge in [0.1, 0.15) is 12.4 Å². The molecular formula is C23H30F6N2O. The molecule has 2 saturated carbocycles. The van der Waals surface area contributed by atoms with Gasteiger partial charge in [-0.25, -0.2) is 9.97 Å². The van der Waals surface area contributed by atoms with Crippen LogP contribution in [0, 0.1) is 17.3 Å². The number of halogens is 6. The van der Waals surface area contributed by atoms with Gasteiger partial charge in [-0.2, -0.15) is 26.3 Å². The molecule has 9 heteroatoms. The summed E-state index contributed by atoms with van der Waals surface area (Å²) in [6.07, 6.45) is -4.41. The van der Waals surface area contributed by atoms with Crippen molar-refractivity contribution in [3.63, 3.8) is 0 Å². The number of ether oxygens (including phenoxy) is 1. The van der Waals surface area contributed by atoms with E-state index in [0.29, 0.717) is 25.1 Å². The van der Waals surface area contributed by atoms with E-state index in [4.69, 9.17) is 4.74 Å². The van der Waals surface area contributed by atoms with Gasteiger partial charge in [0.15, 0.2) is 5.41 Å². The predicted molar refractivity (Wildman–Crippen MR) is 106 cm³/mol. The van der Waals surface area contributed by atoms with Crippen LogP contribution in [0.4, 0.5) is 26.3 Å². The van der Waals surface area contributed by atoms with Gasteiger partial charge in [0.25, 0.3) is 0 Å². The van der Waals surface area contributed by atoms with E-state index in [-0.39, 0.29) is 38.5 Å². The standard InChI is InChI=1S/C23H30F6N2O/c24-22(25,26)21(23(27,28)29,15-6-2-1-3-7-15)16-10-12-17(13-11-16)32-20-18-8-4-5-9-19(18)30-14-31-20/h14-17H,1-13H2/t16-,17+. The number of aromatic nitrogens is 2. The lowest BCUT2D eigenvalue weighted by Crippen LogP contribution is -2.60. The Bertz CT molecular complexity index is 766. The SMILES string of the molecule is FC(F)(F)C(C1CCCCC1)([C@H]1CC[C@@H](Oc2ncnc3c2CCCC3)CC1)C(F)(F)F. The van der Waals surface area contributed by atoms with Gasteiger partial charge in [-0.05, 0) is 76.0 Å². The van der Waals surface area contributed by atoms with Gasteiger partial charge in [0.2, 0.25) is 5.88 Å². The molecular weight excluding hydrogens is 434 g/mol. The van der Waals surface area contributed by atoms with Crippen LogP contribution in [-0.4, -0.2) is 28.4 Å². The highest BCUT2D eigenvalue weighted by atomic mass is 19.4. The molecule has 4 rings (SSSR count). The van der Waals surface area contributed by atoms with E-state index in [2.05, 4.69) is 9.97 Å². The normalized spacial score (nSPS) is 25.9. The van der Waals surface area contributed by atoms with Crippen molar-refractivity contribution in [3.8, 4) is 5.88 Å². The van der Waals surface area contributed by atoms with Crippen molar-refractivity contribution in [2.45, 2.75) is 102 Å². The monoisotopic (exact) mass is 464 g/mol. The third-order valence-electron chi connectivity index (χ3n) is 7.87. The van der Waals surface area contributed by atoms with Crippen LogP contribution in [0.5, 0.6) is 5.88 Å². The lowest BCUT2D eigenvalue weighted by molar-refractivity contribution is -0.382. The van der Waals surface area contributed by atoms with Crippen LogP contribution in [0.1, 0.15) is 81.9 Å². The van der Waals surface area contributed by atoms with Crippen LogP contribution in [0.15, 0.2) is 6.33 Å². The quantitative estimate of drug-likeness (QED) is 0.451. The largest absolute Gasteiger partial charge is 0.474 e. The highest BCUT2D eigenvalue weighted by Crippen LogP contribution is 2.64. The van der Waals surface area contributed by atoms with Crippen LogP contribution in [0.25, 0.3) is 0 Å². The summed E-state index contributed by atoms with van der Waals surface area (Å²) < 4.78 is 91.8. The van der Waals surface area contributed by atoms with Crippen molar-refractivity contribution in [1.29, 1.82) is 0 Å². The van der Waals surface area contributed by atoms with E-state index in [1.807, 2.05) is 0 Å². The highest BCUT2D eigenvalue weighted by molar-refractivity contribution is 5.31. The highest BCUT2D eigenvalue weighted by Gasteiger charge is 2.76. The van der Waals surface area contributed by atoms with E-state index in [0.717, 1.165) is 36.9 Å². The Morgan fingerprint density at radius 2 is 1.28 bits per heavy atom. The van der Waals surface area contributed by atoms with Crippen LogP contribution in [0.2, 0.25) is 0 Å². The first-order chi connectivity index (χ1) is 15.1. The first-order valence-corrected chi connectivity index (χ1v) is 11.8. The molecule has 1 aromatic heterocycles. The lowest BCUT2D eigenvalue weighted by Gasteiger charge is -2.51. The number of fused-ring (bicyclic) bond motifs is 1. The van der Waals surface area contributed by atoms with Gasteiger partial charge in [-0.1, -0.05) is 19.3 Å². The summed E-state index contributed by atoms with van der Waals surface area (Å²) >= 11 is 0. The van der Waals surface area contributed by atoms with Crippen LogP contribution in [0.3, 0.4) is 0 Å². The average molecular weight is 464 g/mol. The van der Waals surface area contributed by atoms with Crippen LogP contribution >= 0.6 is 0 Å². The molecule has 2 fully saturated rings. The Hall–Kier alpha value is -1.54. The van der Waals surface area contributed by atoms with Gasteiger partial charge in [-0.3, -0.25) is 0 Å². The minimum Gasteiger partial charge on any atom is -0.474 e. The molecule has 32 heavy (non-hydrogen) atoms. The van der Waals surface area contributed by atoms with Crippen molar-refractivity contribution in [2.75, 3.05) is 0 Å². The molecule has 0 atom stereocenters. The summed E-state index contributed by atoms with van der Waals surface area (Å²) in [6.45, 7) is 0. The fourth-order valence-electron chi connectivity index (χ4n) is 6.36. The zero-order valence-corrected chi connectivity index (χ0v) is 18.1. The van der Waals surface area contributed by atoms with Crippen molar-refractivity contribution >= 4 is 0 Å². The molecule has 3 aliphatic rings. The Labute approximate surface area is 184 Å². The summed E-state index contributed by atoms with van der Waals surface area (Å²) in [5, 5.41) is 0. The van der Waals surface area contributed by atoms with Crippen molar-refractivity contribution in [1.82, 2.24) is 9.97 Å². The van der Waals surface area contributed by atoms with Crippen molar-refractivity contribution in [3.05, 3.63) is 17.6 Å². The molecule has 0 radical (unpaired) electrons. The minimum absolute atomic E-state index is 0.0114. The third-order valence-corrected chi connectivity index (χ3v) is 7.87. The fourth-order valence-corrected chi connectivity index (χ4v) is 6.36. The van der Waals surface area contributed by atoms with Gasteiger partial charge >= 0.3 is 12.4 Å². The first kappa shape index (κ1) is 23.6. The van der Waals surface area contributed by atoms with E-state index >= 15 is 0 Å². The molecule has 0 aromatic carbocycles. The van der Waals surface area contributed by atoms with Crippen LogP contribution < -0.4 is 4.74 Å². The maximum atomic E-state index is 14.3. The predicted octanol–water partition coefficient (Wildman–Crippen LogP) is 6.98. The molecule has 3 aliphatic carbocycles. The summed E-state index contributed by atoms with van der Waals surface area (Å²) in [4.78, 5) is 8.49. The second kappa shape index (κ2) is 9.01. The number of aryl methyl sites for hydroxylation is 1. The Kier molecular flexibility index (Phi) is 6.65. The number of hydrogen-bond acceptors (Lipinski definition) is 3. The summed E-state index contributed by atoms with van der Waals surface area (Å²) in [7, 11) is 0. The second-order valence-electron chi connectivity index (χ2n) is 9.60. The minimum atomic E-state index is -5.32. The zero-order chi connectivity index (χ0) is 23.0. The van der Waals surface area contributed by atoms with Gasteiger partial charge in [-0.15, -0.1) is 0 Å². The Morgan fingerprint density at radius 1 is 0.688 bits per heavy atom. The van der Waals surface area contributed by atoms with E-state index < -0.39 is 35.7 Å². The molecule has 0 saturated heterocycles. The van der Waals surface area contributed by atoms with Crippen molar-refractivity contribution in [2.24, 2.45) is 17.3 Å². The molecule has 0 unspecified atom stereocenters. The van der Waals surface area contributed by atoms with Crippen LogP contribution in [-0.2, 0) is 12.8 Å². The topological polar surface area (TPSA) is 35.0 Å². The lowest BCUT2D eigenvalue weighted by atomic mass is 9.57. The number of alkyl halides is 6. The van der Waals surface area contributed by atoms with Crippen molar-refractivity contribution < 1.29 is 31.1 Å². The third kappa shape index (κ3) is 4.20. The van der Waals surface area contributed by atoms with Gasteiger partial charge in [0.05, 0.1) is 5.69 Å². The first-order valence-electron chi connectivity index (χ1n) is 11.8. The molecule has 0 N–H and O–H groups in total. The fraction of sp³-hybridized carbons (Fsp3) is 0.826. The summed E-state index contributed by atoms with van der Waals surface area (Å²) in [5.41, 5.74) is -1.76. The molecule has 0 spiro atoms. The van der Waals surface area contributed by atoms with Gasteiger partial charge < -0.3 is 4.74 Å². The summed E-state index contributed by atoms with van der Waals surface area (Å²) in [5.74, 6) is -2.42.